The Balaban J connectivity index is 1.70. The fourth-order valence-electron chi connectivity index (χ4n) is 3.61. The zero-order valence-electron chi connectivity index (χ0n) is 16.2. The minimum atomic E-state index is -0.343. The molecule has 0 amide bonds. The van der Waals surface area contributed by atoms with Gasteiger partial charge in [0.05, 0.1) is 30.1 Å². The molecule has 1 N–H and O–H groups in total. The largest absolute Gasteiger partial charge is 0.374 e. The average molecular weight is 358 g/mol. The van der Waals surface area contributed by atoms with E-state index in [4.69, 9.17) is 9.47 Å². The van der Waals surface area contributed by atoms with Crippen molar-refractivity contribution < 1.29 is 14.3 Å². The van der Waals surface area contributed by atoms with E-state index >= 15 is 0 Å². The molecule has 2 atom stereocenters. The van der Waals surface area contributed by atoms with Crippen LogP contribution in [0, 0.1) is 11.8 Å². The lowest BCUT2D eigenvalue weighted by Gasteiger charge is -2.39. The molecule has 2 heterocycles. The number of benzene rings is 1. The van der Waals surface area contributed by atoms with E-state index < -0.39 is 0 Å². The van der Waals surface area contributed by atoms with Gasteiger partial charge in [-0.15, -0.1) is 0 Å². The minimum absolute atomic E-state index is 0.0697. The van der Waals surface area contributed by atoms with E-state index in [-0.39, 0.29) is 23.0 Å². The van der Waals surface area contributed by atoms with E-state index in [0.29, 0.717) is 25.4 Å². The van der Waals surface area contributed by atoms with Crippen LogP contribution < -0.4 is 5.43 Å². The normalized spacial score (nSPS) is 29.5. The van der Waals surface area contributed by atoms with Gasteiger partial charge in [0.2, 0.25) is 0 Å². The lowest BCUT2D eigenvalue weighted by Crippen LogP contribution is -2.45. The summed E-state index contributed by atoms with van der Waals surface area (Å²) in [7, 11) is 0. The second-order valence-corrected chi connectivity index (χ2v) is 8.67. The van der Waals surface area contributed by atoms with Crippen molar-refractivity contribution in [3.05, 3.63) is 30.3 Å². The van der Waals surface area contributed by atoms with E-state index in [2.05, 4.69) is 24.4 Å². The van der Waals surface area contributed by atoms with E-state index in [9.17, 15) is 4.79 Å². The molecular formula is C21H30N2O3. The van der Waals surface area contributed by atoms with Crippen LogP contribution in [0.4, 0.5) is 5.69 Å². The molecule has 0 aliphatic carbocycles. The van der Waals surface area contributed by atoms with Gasteiger partial charge < -0.3 is 9.47 Å². The number of ketones is 1. The second-order valence-electron chi connectivity index (χ2n) is 8.67. The Labute approximate surface area is 156 Å². The first-order chi connectivity index (χ1) is 12.2. The Morgan fingerprint density at radius 2 is 1.62 bits per heavy atom. The van der Waals surface area contributed by atoms with Crippen molar-refractivity contribution in [2.45, 2.75) is 58.2 Å². The van der Waals surface area contributed by atoms with Crippen molar-refractivity contribution in [3.8, 4) is 0 Å². The van der Waals surface area contributed by atoms with Crippen LogP contribution in [0.1, 0.15) is 47.0 Å². The molecule has 1 aromatic carbocycles. The molecule has 0 saturated carbocycles. The van der Waals surface area contributed by atoms with Gasteiger partial charge in [0, 0.05) is 30.4 Å². The Hall–Kier alpha value is -1.72. The zero-order chi connectivity index (χ0) is 18.8. The predicted octanol–water partition coefficient (Wildman–Crippen LogP) is 4.04. The first kappa shape index (κ1) is 19.1. The molecule has 0 unspecified atom stereocenters. The average Bonchev–Trinajstić information content (AvgIpc) is 2.57. The summed E-state index contributed by atoms with van der Waals surface area (Å²) in [6, 6.07) is 9.92. The monoisotopic (exact) mass is 358 g/mol. The van der Waals surface area contributed by atoms with Gasteiger partial charge in [0.1, 0.15) is 5.78 Å². The van der Waals surface area contributed by atoms with Gasteiger partial charge in [-0.3, -0.25) is 10.2 Å². The number of carbonyl (C=O) groups is 1. The van der Waals surface area contributed by atoms with Gasteiger partial charge >= 0.3 is 0 Å². The molecule has 0 spiro atoms. The zero-order valence-corrected chi connectivity index (χ0v) is 16.2. The summed E-state index contributed by atoms with van der Waals surface area (Å²) in [6.07, 6.45) is 1.97. The van der Waals surface area contributed by atoms with Crippen LogP contribution in [0.3, 0.4) is 0 Å². The minimum Gasteiger partial charge on any atom is -0.374 e. The Kier molecular flexibility index (Phi) is 5.49. The van der Waals surface area contributed by atoms with Gasteiger partial charge in [0.25, 0.3) is 0 Å². The van der Waals surface area contributed by atoms with Gasteiger partial charge in [-0.25, -0.2) is 0 Å². The fraction of sp³-hybridized carbons (Fsp3) is 0.619. The van der Waals surface area contributed by atoms with Gasteiger partial charge in [-0.1, -0.05) is 18.2 Å². The Morgan fingerprint density at radius 3 is 2.27 bits per heavy atom. The molecule has 26 heavy (non-hydrogen) atoms. The highest BCUT2D eigenvalue weighted by Crippen LogP contribution is 2.33. The number of carbonyl (C=O) groups excluding carboxylic acids is 1. The van der Waals surface area contributed by atoms with Gasteiger partial charge in [-0.2, -0.15) is 5.10 Å². The van der Waals surface area contributed by atoms with Crippen LogP contribution in [-0.2, 0) is 14.3 Å². The van der Waals surface area contributed by atoms with Crippen LogP contribution in [0.5, 0.6) is 0 Å². The fourth-order valence-corrected chi connectivity index (χ4v) is 3.61. The molecule has 1 aromatic rings. The summed E-state index contributed by atoms with van der Waals surface area (Å²) < 4.78 is 11.9. The van der Waals surface area contributed by atoms with Crippen molar-refractivity contribution in [2.24, 2.45) is 16.9 Å². The van der Waals surface area contributed by atoms with Crippen molar-refractivity contribution in [1.82, 2.24) is 0 Å². The number of hydrogen-bond acceptors (Lipinski definition) is 5. The lowest BCUT2D eigenvalue weighted by molar-refractivity contribution is -0.146. The van der Waals surface area contributed by atoms with Gasteiger partial charge in [0.15, 0.2) is 0 Å². The summed E-state index contributed by atoms with van der Waals surface area (Å²) >= 11 is 0. The van der Waals surface area contributed by atoms with E-state index in [1.807, 2.05) is 44.2 Å². The lowest BCUT2D eigenvalue weighted by atomic mass is 9.80. The van der Waals surface area contributed by atoms with Crippen molar-refractivity contribution in [2.75, 3.05) is 18.6 Å². The van der Waals surface area contributed by atoms with E-state index in [0.717, 1.165) is 24.2 Å². The van der Waals surface area contributed by atoms with Crippen LogP contribution in [0.2, 0.25) is 0 Å². The highest BCUT2D eigenvalue weighted by Gasteiger charge is 2.39. The highest BCUT2D eigenvalue weighted by atomic mass is 16.5. The third-order valence-corrected chi connectivity index (χ3v) is 5.16. The Bertz CT molecular complexity index is 667. The maximum atomic E-state index is 12.5. The molecule has 5 nitrogen and oxygen atoms in total. The van der Waals surface area contributed by atoms with Crippen LogP contribution in [-0.4, -0.2) is 35.9 Å². The molecule has 3 rings (SSSR count). The van der Waals surface area contributed by atoms with E-state index in [1.165, 1.54) is 0 Å². The molecule has 2 saturated heterocycles. The van der Waals surface area contributed by atoms with Crippen LogP contribution in [0.25, 0.3) is 0 Å². The number of nitrogens with one attached hydrogen (secondary N) is 1. The quantitative estimate of drug-likeness (QED) is 0.825. The number of anilines is 1. The predicted molar refractivity (Wildman–Crippen MR) is 103 cm³/mol. The number of nitrogens with zero attached hydrogens (tertiary/aromatic N) is 1. The number of hydrazone groups is 1. The standard InChI is InChI=1S/C21H30N2O3/c1-20(2)11-18(23-22-17-8-6-5-7-9-17)15(13-25-20)10-16-14-26-21(3,4)12-19(16)24/h5-9,15-16,22H,10-14H2,1-4H3/t15-,16+/m0/s1. The molecule has 0 aromatic heterocycles. The van der Waals surface area contributed by atoms with Crippen molar-refractivity contribution in [3.63, 3.8) is 0 Å². The summed E-state index contributed by atoms with van der Waals surface area (Å²) in [5.41, 5.74) is 4.62. The third-order valence-electron chi connectivity index (χ3n) is 5.16. The van der Waals surface area contributed by atoms with Crippen LogP contribution in [0.15, 0.2) is 35.4 Å². The molecular weight excluding hydrogens is 328 g/mol. The third kappa shape index (κ3) is 4.92. The second kappa shape index (κ2) is 7.49. The molecule has 2 fully saturated rings. The molecule has 142 valence electrons. The maximum Gasteiger partial charge on any atom is 0.141 e. The van der Waals surface area contributed by atoms with Crippen molar-refractivity contribution >= 4 is 17.2 Å². The number of Topliss-reactive ketones (excluding diaryl/α,β-unsaturated/α-hetero) is 1. The maximum absolute atomic E-state index is 12.5. The first-order valence-electron chi connectivity index (χ1n) is 9.42. The number of hydrogen-bond donors (Lipinski definition) is 1. The summed E-state index contributed by atoms with van der Waals surface area (Å²) in [5, 5.41) is 4.68. The number of rotatable bonds is 4. The summed E-state index contributed by atoms with van der Waals surface area (Å²) in [5.74, 6) is 0.360. The molecule has 0 bridgehead atoms. The van der Waals surface area contributed by atoms with Gasteiger partial charge in [-0.05, 0) is 46.2 Å². The van der Waals surface area contributed by atoms with E-state index in [1.54, 1.807) is 0 Å². The Morgan fingerprint density at radius 1 is 1.00 bits per heavy atom. The molecule has 5 heteroatoms. The smallest absolute Gasteiger partial charge is 0.141 e. The number of ether oxygens (including phenoxy) is 2. The topological polar surface area (TPSA) is 59.9 Å². The number of para-hydroxylation sites is 1. The summed E-state index contributed by atoms with van der Waals surface area (Å²) in [4.78, 5) is 12.5. The van der Waals surface area contributed by atoms with Crippen molar-refractivity contribution in [1.29, 1.82) is 0 Å². The highest BCUT2D eigenvalue weighted by molar-refractivity contribution is 5.90. The molecule has 2 aliphatic heterocycles. The first-order valence-corrected chi connectivity index (χ1v) is 9.42. The SMILES string of the molecule is CC1(C)CC(=O)[C@H](C[C@H]2COC(C)(C)CC2=NNc2ccccc2)CO1. The summed E-state index contributed by atoms with van der Waals surface area (Å²) in [6.45, 7) is 9.20. The molecule has 2 aliphatic rings. The van der Waals surface area contributed by atoms with Crippen LogP contribution >= 0.6 is 0 Å². The molecule has 0 radical (unpaired) electrons.